The lowest BCUT2D eigenvalue weighted by atomic mass is 9.95. The quantitative estimate of drug-likeness (QED) is 0.862. The van der Waals surface area contributed by atoms with E-state index in [0.717, 1.165) is 18.4 Å². The molecule has 1 aliphatic carbocycles. The van der Waals surface area contributed by atoms with Crippen LogP contribution in [0.2, 0.25) is 0 Å². The van der Waals surface area contributed by atoms with E-state index < -0.39 is 6.10 Å². The van der Waals surface area contributed by atoms with Gasteiger partial charge in [-0.05, 0) is 30.9 Å². The number of aliphatic hydroxyl groups is 1. The third-order valence-corrected chi connectivity index (χ3v) is 3.68. The van der Waals surface area contributed by atoms with E-state index in [2.05, 4.69) is 5.32 Å². The molecule has 2 N–H and O–H groups in total. The van der Waals surface area contributed by atoms with Gasteiger partial charge in [-0.2, -0.15) is 0 Å². The fraction of sp³-hybridized carbons (Fsp3) is 0.533. The summed E-state index contributed by atoms with van der Waals surface area (Å²) >= 11 is 0. The zero-order valence-electron chi connectivity index (χ0n) is 10.9. The molecule has 2 rings (SSSR count). The van der Waals surface area contributed by atoms with Gasteiger partial charge in [-0.3, -0.25) is 4.79 Å². The van der Waals surface area contributed by atoms with Crippen LogP contribution in [0.4, 0.5) is 0 Å². The smallest absolute Gasteiger partial charge is 0.253 e. The summed E-state index contributed by atoms with van der Waals surface area (Å²) in [5, 5.41) is 13.0. The standard InChI is InChI=1S/C15H21NO2/c1-11-7-5-6-10-13(11)14(17)15(18)16-12-8-3-2-4-9-12/h5-7,10,12,14,17H,2-4,8-9H2,1H3,(H,16,18). The van der Waals surface area contributed by atoms with Crippen molar-refractivity contribution in [1.82, 2.24) is 5.32 Å². The second-order valence-electron chi connectivity index (χ2n) is 5.10. The van der Waals surface area contributed by atoms with Crippen LogP contribution in [0.3, 0.4) is 0 Å². The van der Waals surface area contributed by atoms with Crippen LogP contribution in [-0.4, -0.2) is 17.1 Å². The highest BCUT2D eigenvalue weighted by atomic mass is 16.3. The van der Waals surface area contributed by atoms with Crippen molar-refractivity contribution in [2.75, 3.05) is 0 Å². The fourth-order valence-corrected chi connectivity index (χ4v) is 2.56. The van der Waals surface area contributed by atoms with Crippen molar-refractivity contribution in [3.05, 3.63) is 35.4 Å². The molecule has 0 bridgehead atoms. The van der Waals surface area contributed by atoms with E-state index >= 15 is 0 Å². The van der Waals surface area contributed by atoms with Crippen molar-refractivity contribution < 1.29 is 9.90 Å². The van der Waals surface area contributed by atoms with Crippen LogP contribution >= 0.6 is 0 Å². The minimum absolute atomic E-state index is 0.241. The monoisotopic (exact) mass is 247 g/mol. The predicted molar refractivity (Wildman–Crippen MR) is 71.2 cm³/mol. The van der Waals surface area contributed by atoms with Crippen molar-refractivity contribution in [2.45, 2.75) is 51.2 Å². The molecule has 1 amide bonds. The van der Waals surface area contributed by atoms with Crippen LogP contribution in [0.25, 0.3) is 0 Å². The van der Waals surface area contributed by atoms with E-state index in [1.165, 1.54) is 19.3 Å². The first-order valence-corrected chi connectivity index (χ1v) is 6.72. The van der Waals surface area contributed by atoms with E-state index in [9.17, 15) is 9.90 Å². The molecule has 0 spiro atoms. The van der Waals surface area contributed by atoms with Gasteiger partial charge in [0, 0.05) is 6.04 Å². The van der Waals surface area contributed by atoms with Crippen molar-refractivity contribution in [1.29, 1.82) is 0 Å². The molecule has 1 aromatic carbocycles. The van der Waals surface area contributed by atoms with Gasteiger partial charge >= 0.3 is 0 Å². The van der Waals surface area contributed by atoms with Gasteiger partial charge in [0.1, 0.15) is 0 Å². The molecule has 0 heterocycles. The molecule has 18 heavy (non-hydrogen) atoms. The molecule has 1 atom stereocenters. The number of aliphatic hydroxyl groups excluding tert-OH is 1. The second kappa shape index (κ2) is 6.01. The Morgan fingerprint density at radius 3 is 2.61 bits per heavy atom. The summed E-state index contributed by atoms with van der Waals surface area (Å²) in [7, 11) is 0. The van der Waals surface area contributed by atoms with Crippen LogP contribution in [0.1, 0.15) is 49.3 Å². The van der Waals surface area contributed by atoms with Crippen molar-refractivity contribution in [3.8, 4) is 0 Å². The van der Waals surface area contributed by atoms with E-state index in [4.69, 9.17) is 0 Å². The molecule has 0 saturated heterocycles. The highest BCUT2D eigenvalue weighted by Crippen LogP contribution is 2.20. The summed E-state index contributed by atoms with van der Waals surface area (Å²) in [5.74, 6) is -0.267. The number of rotatable bonds is 3. The van der Waals surface area contributed by atoms with Crippen LogP contribution in [0.15, 0.2) is 24.3 Å². The van der Waals surface area contributed by atoms with Gasteiger partial charge in [0.25, 0.3) is 5.91 Å². The molecule has 1 aromatic rings. The lowest BCUT2D eigenvalue weighted by Gasteiger charge is -2.24. The third kappa shape index (κ3) is 3.10. The third-order valence-electron chi connectivity index (χ3n) is 3.68. The summed E-state index contributed by atoms with van der Waals surface area (Å²) in [5.41, 5.74) is 1.65. The molecule has 98 valence electrons. The summed E-state index contributed by atoms with van der Waals surface area (Å²) in [6.07, 6.45) is 4.62. The molecular weight excluding hydrogens is 226 g/mol. The van der Waals surface area contributed by atoms with Crippen LogP contribution in [0.5, 0.6) is 0 Å². The topological polar surface area (TPSA) is 49.3 Å². The Hall–Kier alpha value is -1.35. The number of benzene rings is 1. The summed E-state index contributed by atoms with van der Waals surface area (Å²) in [4.78, 5) is 12.0. The summed E-state index contributed by atoms with van der Waals surface area (Å²) in [6.45, 7) is 1.91. The minimum Gasteiger partial charge on any atom is -0.378 e. The summed E-state index contributed by atoms with van der Waals surface area (Å²) < 4.78 is 0. The normalized spacial score (nSPS) is 18.3. The molecule has 1 unspecified atom stereocenters. The average molecular weight is 247 g/mol. The van der Waals surface area contributed by atoms with Gasteiger partial charge in [0.2, 0.25) is 0 Å². The number of amides is 1. The average Bonchev–Trinajstić information content (AvgIpc) is 2.39. The maximum atomic E-state index is 12.0. The van der Waals surface area contributed by atoms with Crippen LogP contribution < -0.4 is 5.32 Å². The van der Waals surface area contributed by atoms with Gasteiger partial charge < -0.3 is 10.4 Å². The Kier molecular flexibility index (Phi) is 4.37. The highest BCUT2D eigenvalue weighted by Gasteiger charge is 2.22. The van der Waals surface area contributed by atoms with Crippen molar-refractivity contribution >= 4 is 5.91 Å². The molecular formula is C15H21NO2. The predicted octanol–water partition coefficient (Wildman–Crippen LogP) is 2.48. The van der Waals surface area contributed by atoms with Gasteiger partial charge in [-0.1, -0.05) is 43.5 Å². The van der Waals surface area contributed by atoms with Crippen molar-refractivity contribution in [3.63, 3.8) is 0 Å². The Bertz CT molecular complexity index is 411. The maximum absolute atomic E-state index is 12.0. The summed E-state index contributed by atoms with van der Waals surface area (Å²) in [6, 6.07) is 7.71. The van der Waals surface area contributed by atoms with Gasteiger partial charge in [-0.25, -0.2) is 0 Å². The highest BCUT2D eigenvalue weighted by molar-refractivity contribution is 5.82. The Labute approximate surface area is 108 Å². The van der Waals surface area contributed by atoms with E-state index in [1.807, 2.05) is 25.1 Å². The Morgan fingerprint density at radius 1 is 1.28 bits per heavy atom. The zero-order valence-corrected chi connectivity index (χ0v) is 10.9. The van der Waals surface area contributed by atoms with E-state index in [1.54, 1.807) is 6.07 Å². The molecule has 3 heteroatoms. The van der Waals surface area contributed by atoms with Gasteiger partial charge in [0.05, 0.1) is 0 Å². The number of aryl methyl sites for hydroxylation is 1. The van der Waals surface area contributed by atoms with Crippen LogP contribution in [0, 0.1) is 6.92 Å². The molecule has 0 radical (unpaired) electrons. The minimum atomic E-state index is -1.05. The largest absolute Gasteiger partial charge is 0.378 e. The SMILES string of the molecule is Cc1ccccc1C(O)C(=O)NC1CCCCC1. The molecule has 1 fully saturated rings. The number of hydrogen-bond donors (Lipinski definition) is 2. The Balaban J connectivity index is 1.98. The molecule has 1 saturated carbocycles. The lowest BCUT2D eigenvalue weighted by molar-refractivity contribution is -0.130. The molecule has 0 aliphatic heterocycles. The first-order valence-electron chi connectivity index (χ1n) is 6.72. The van der Waals surface area contributed by atoms with E-state index in [0.29, 0.717) is 5.56 Å². The maximum Gasteiger partial charge on any atom is 0.253 e. The zero-order chi connectivity index (χ0) is 13.0. The van der Waals surface area contributed by atoms with Gasteiger partial charge in [0.15, 0.2) is 6.10 Å². The van der Waals surface area contributed by atoms with Gasteiger partial charge in [-0.15, -0.1) is 0 Å². The lowest BCUT2D eigenvalue weighted by Crippen LogP contribution is -2.39. The molecule has 1 aliphatic rings. The number of carbonyl (C=O) groups excluding carboxylic acids is 1. The number of carbonyl (C=O) groups is 1. The fourth-order valence-electron chi connectivity index (χ4n) is 2.56. The van der Waals surface area contributed by atoms with Crippen molar-refractivity contribution in [2.24, 2.45) is 0 Å². The first kappa shape index (κ1) is 13.1. The number of hydrogen-bond acceptors (Lipinski definition) is 2. The number of nitrogens with one attached hydrogen (secondary N) is 1. The molecule has 0 aromatic heterocycles. The van der Waals surface area contributed by atoms with E-state index in [-0.39, 0.29) is 11.9 Å². The Morgan fingerprint density at radius 2 is 1.94 bits per heavy atom. The van der Waals surface area contributed by atoms with Crippen LogP contribution in [-0.2, 0) is 4.79 Å². The molecule has 3 nitrogen and oxygen atoms in total. The second-order valence-corrected chi connectivity index (χ2v) is 5.10. The first-order chi connectivity index (χ1) is 8.68.